The summed E-state index contributed by atoms with van der Waals surface area (Å²) in [5.74, 6) is -3.12. The molecular formula is C25H33N9O10S2. The van der Waals surface area contributed by atoms with Gasteiger partial charge in [-0.05, 0) is 39.1 Å². The van der Waals surface area contributed by atoms with E-state index in [1.165, 1.54) is 19.2 Å². The number of carboxylic acids is 1. The van der Waals surface area contributed by atoms with Gasteiger partial charge < -0.3 is 41.8 Å². The number of hydrogen-bond donors (Lipinski definition) is 5. The molecule has 8 N–H and O–H groups in total. The van der Waals surface area contributed by atoms with Gasteiger partial charge in [0.25, 0.3) is 17.9 Å². The number of fused-ring (bicyclic) bond motifs is 1. The molecule has 3 heterocycles. The number of nitrogens with two attached hydrogens (primary N) is 3. The van der Waals surface area contributed by atoms with Crippen LogP contribution >= 0.6 is 11.3 Å². The lowest BCUT2D eigenvalue weighted by Crippen LogP contribution is -2.76. The maximum Gasteiger partial charge on any atom is 0.351 e. The SMILES string of the molecule is C[n+]1c2ccc(OC[C@H](O/N=C(\C(=O)NC3C(=O)N(OS(=O)(=O)[O-])C3(C)C)c3csc(N)n3)C(=O)O)cc2cn1CC(CN)CN. The van der Waals surface area contributed by atoms with E-state index in [2.05, 4.69) is 19.7 Å². The van der Waals surface area contributed by atoms with Gasteiger partial charge in [-0.25, -0.2) is 18.2 Å². The standard InChI is InChI=1S/C25H33N9O10S2/c1-25(2)20(22(36)34(25)44-46(39,40)41)30-21(35)19(16-12-45-24(28)29-16)31-43-18(23(37)38)11-42-15-4-5-17-14(6-15)10-33(32(17)3)9-13(7-26)8-27/h4-6,10,12-13,18,20H,7-9,11,26-27H2,1-3H3,(H4-,28,29,30,35,37,38,39,40,41)/b31-19-/t18-,20?/m0/s1. The highest BCUT2D eigenvalue weighted by atomic mass is 32.3. The number of rotatable bonds is 15. The lowest BCUT2D eigenvalue weighted by molar-refractivity contribution is -0.731. The molecule has 0 saturated carbocycles. The largest absolute Gasteiger partial charge is 0.724 e. The Morgan fingerprint density at radius 1 is 1.30 bits per heavy atom. The third-order valence-corrected chi connectivity index (χ3v) is 8.18. The molecule has 0 radical (unpaired) electrons. The quantitative estimate of drug-likeness (QED) is 0.0284. The number of aryl methyl sites for hydroxylation is 1. The molecule has 1 saturated heterocycles. The fraction of sp³-hybridized carbons (Fsp3) is 0.440. The Hall–Kier alpha value is -4.41. The molecule has 2 atom stereocenters. The zero-order valence-electron chi connectivity index (χ0n) is 24.9. The molecule has 250 valence electrons. The van der Waals surface area contributed by atoms with Gasteiger partial charge >= 0.3 is 5.97 Å². The molecule has 19 nitrogen and oxygen atoms in total. The first-order valence-corrected chi connectivity index (χ1v) is 15.8. The van der Waals surface area contributed by atoms with E-state index in [-0.39, 0.29) is 16.7 Å². The van der Waals surface area contributed by atoms with Crippen LogP contribution in [0.5, 0.6) is 5.75 Å². The van der Waals surface area contributed by atoms with Crippen LogP contribution < -0.4 is 31.9 Å². The fourth-order valence-electron chi connectivity index (χ4n) is 4.54. The Morgan fingerprint density at radius 3 is 2.57 bits per heavy atom. The Morgan fingerprint density at radius 2 is 2.00 bits per heavy atom. The Balaban J connectivity index is 1.49. The third kappa shape index (κ3) is 7.51. The van der Waals surface area contributed by atoms with Gasteiger partial charge in [-0.2, -0.15) is 14.0 Å². The first-order chi connectivity index (χ1) is 21.5. The molecule has 1 aliphatic heterocycles. The Labute approximate surface area is 266 Å². The van der Waals surface area contributed by atoms with Gasteiger partial charge in [0.2, 0.25) is 15.9 Å². The van der Waals surface area contributed by atoms with Crippen molar-refractivity contribution in [2.24, 2.45) is 29.6 Å². The molecule has 1 unspecified atom stereocenters. The van der Waals surface area contributed by atoms with Crippen molar-refractivity contribution in [3.63, 3.8) is 0 Å². The van der Waals surface area contributed by atoms with Crippen LogP contribution in [0.4, 0.5) is 5.13 Å². The summed E-state index contributed by atoms with van der Waals surface area (Å²) in [7, 11) is -3.39. The maximum absolute atomic E-state index is 13.2. The number of nitrogens with zero attached hydrogens (tertiary/aromatic N) is 5. The zero-order chi connectivity index (χ0) is 34.0. The summed E-state index contributed by atoms with van der Waals surface area (Å²) in [6, 6.07) is 3.81. The molecule has 0 bridgehead atoms. The first-order valence-electron chi connectivity index (χ1n) is 13.6. The number of carboxylic acid groups (broad SMARTS) is 1. The lowest BCUT2D eigenvalue weighted by atomic mass is 9.84. The van der Waals surface area contributed by atoms with Crippen molar-refractivity contribution in [1.29, 1.82) is 0 Å². The number of β-lactam (4-membered cyclic amide) rings is 1. The molecule has 1 aromatic carbocycles. The molecule has 0 aliphatic carbocycles. The number of aromatic nitrogens is 3. The van der Waals surface area contributed by atoms with E-state index in [0.29, 0.717) is 30.4 Å². The topological polar surface area (TPSA) is 284 Å². The minimum absolute atomic E-state index is 0.0492. The molecule has 0 spiro atoms. The Bertz CT molecular complexity index is 1770. The number of thiazole rings is 1. The van der Waals surface area contributed by atoms with Crippen molar-refractivity contribution >= 4 is 61.3 Å². The van der Waals surface area contributed by atoms with E-state index in [4.69, 9.17) is 26.8 Å². The number of oxime groups is 1. The lowest BCUT2D eigenvalue weighted by Gasteiger charge is -2.51. The molecule has 46 heavy (non-hydrogen) atoms. The number of nitrogens with one attached hydrogen (secondary N) is 1. The summed E-state index contributed by atoms with van der Waals surface area (Å²) in [5.41, 5.74) is 16.0. The number of hydrogen-bond acceptors (Lipinski definition) is 15. The second-order valence-electron chi connectivity index (χ2n) is 10.8. The predicted octanol–water partition coefficient (Wildman–Crippen LogP) is -2.21. The van der Waals surface area contributed by atoms with E-state index in [0.717, 1.165) is 22.2 Å². The van der Waals surface area contributed by atoms with Gasteiger partial charge in [-0.3, -0.25) is 9.59 Å². The molecule has 21 heteroatoms. The smallest absolute Gasteiger partial charge is 0.351 e. The van der Waals surface area contributed by atoms with Crippen molar-refractivity contribution in [2.75, 3.05) is 25.4 Å². The summed E-state index contributed by atoms with van der Waals surface area (Å²) in [5, 5.41) is 18.3. The minimum Gasteiger partial charge on any atom is -0.724 e. The van der Waals surface area contributed by atoms with Crippen molar-refractivity contribution in [3.8, 4) is 5.75 Å². The van der Waals surface area contributed by atoms with E-state index in [1.54, 1.807) is 18.2 Å². The van der Waals surface area contributed by atoms with Crippen LogP contribution in [-0.2, 0) is 47.5 Å². The number of carbonyl (C=O) groups is 3. The van der Waals surface area contributed by atoms with Gasteiger partial charge in [0.15, 0.2) is 17.9 Å². The summed E-state index contributed by atoms with van der Waals surface area (Å²) in [4.78, 5) is 46.9. The van der Waals surface area contributed by atoms with E-state index in [1.807, 2.05) is 22.6 Å². The van der Waals surface area contributed by atoms with Crippen molar-refractivity contribution in [3.05, 3.63) is 35.5 Å². The van der Waals surface area contributed by atoms with Crippen molar-refractivity contribution in [2.45, 2.75) is 38.1 Å². The second-order valence-corrected chi connectivity index (χ2v) is 12.6. The minimum atomic E-state index is -5.27. The van der Waals surface area contributed by atoms with Crippen LogP contribution in [-0.4, -0.2) is 93.7 Å². The number of benzene rings is 1. The molecule has 1 aliphatic rings. The van der Waals surface area contributed by atoms with Gasteiger partial charge in [0.1, 0.15) is 24.1 Å². The normalized spacial score (nSPS) is 17.2. The number of anilines is 1. The molecular weight excluding hydrogens is 650 g/mol. The summed E-state index contributed by atoms with van der Waals surface area (Å²) in [6.07, 6.45) is 0.192. The average Bonchev–Trinajstić information content (AvgIpc) is 3.55. The number of aliphatic carboxylic acids is 1. The summed E-state index contributed by atoms with van der Waals surface area (Å²) in [6.45, 7) is 3.60. The molecule has 4 rings (SSSR count). The molecule has 2 aromatic heterocycles. The highest BCUT2D eigenvalue weighted by molar-refractivity contribution is 7.80. The van der Waals surface area contributed by atoms with Crippen LogP contribution in [0.25, 0.3) is 10.9 Å². The van der Waals surface area contributed by atoms with Gasteiger partial charge in [-0.15, -0.1) is 16.0 Å². The third-order valence-electron chi connectivity index (χ3n) is 7.18. The van der Waals surface area contributed by atoms with E-state index < -0.39 is 58.2 Å². The highest BCUT2D eigenvalue weighted by Gasteiger charge is 2.57. The van der Waals surface area contributed by atoms with Crippen LogP contribution in [0.2, 0.25) is 0 Å². The molecule has 2 amide bonds. The number of nitrogen functional groups attached to an aromatic ring is 1. The fourth-order valence-corrected chi connectivity index (χ4v) is 5.54. The summed E-state index contributed by atoms with van der Waals surface area (Å²) < 4.78 is 46.7. The second kappa shape index (κ2) is 13.5. The zero-order valence-corrected chi connectivity index (χ0v) is 26.5. The van der Waals surface area contributed by atoms with Crippen LogP contribution in [0.3, 0.4) is 0 Å². The van der Waals surface area contributed by atoms with Gasteiger partial charge in [-0.1, -0.05) is 5.16 Å². The van der Waals surface area contributed by atoms with E-state index in [9.17, 15) is 32.5 Å². The molecule has 1 fully saturated rings. The maximum atomic E-state index is 13.2. The van der Waals surface area contributed by atoms with Crippen LogP contribution in [0.1, 0.15) is 19.5 Å². The Kier molecular flexibility index (Phi) is 10.1. The molecule has 3 aromatic rings. The van der Waals surface area contributed by atoms with Crippen LogP contribution in [0, 0.1) is 5.92 Å². The number of hydroxylamine groups is 2. The number of carbonyl (C=O) groups excluding carboxylic acids is 2. The first kappa shape index (κ1) is 34.5. The van der Waals surface area contributed by atoms with Gasteiger partial charge in [0, 0.05) is 17.4 Å². The summed E-state index contributed by atoms with van der Waals surface area (Å²) >= 11 is 0.950. The average molecular weight is 684 g/mol. The van der Waals surface area contributed by atoms with Gasteiger partial charge in [0.05, 0.1) is 23.7 Å². The van der Waals surface area contributed by atoms with Crippen molar-refractivity contribution in [1.82, 2.24) is 20.0 Å². The van der Waals surface area contributed by atoms with Crippen LogP contribution in [0.15, 0.2) is 34.9 Å². The van der Waals surface area contributed by atoms with Crippen molar-refractivity contribution < 1.29 is 51.0 Å². The van der Waals surface area contributed by atoms with E-state index >= 15 is 0 Å². The number of ether oxygens (including phenoxy) is 1. The number of amides is 2. The predicted molar refractivity (Wildman–Crippen MR) is 159 cm³/mol. The monoisotopic (exact) mass is 683 g/mol. The highest BCUT2D eigenvalue weighted by Crippen LogP contribution is 2.33.